The van der Waals surface area contributed by atoms with Gasteiger partial charge in [-0.3, -0.25) is 19.2 Å². The Morgan fingerprint density at radius 1 is 1.29 bits per heavy atom. The minimum atomic E-state index is -4.02. The number of hydrogen-bond acceptors (Lipinski definition) is 6. The van der Waals surface area contributed by atoms with E-state index in [1.54, 1.807) is 0 Å². The van der Waals surface area contributed by atoms with Gasteiger partial charge in [0.1, 0.15) is 17.6 Å². The van der Waals surface area contributed by atoms with Crippen molar-refractivity contribution >= 4 is 33.0 Å². The quantitative estimate of drug-likeness (QED) is 0.552. The standard InChI is InChI=1S/C17H18FN3O6S/c1-11(20(28(3,25)26)15-7-5-4-6-13(15)18)17(22)19-14-10-12(21(23)24)8-9-16(14)27-2/h4-11H,1-3H3,(H,19,22)/t11-/m0/s1. The first kappa shape index (κ1) is 21.1. The lowest BCUT2D eigenvalue weighted by molar-refractivity contribution is -0.384. The number of hydrogen-bond donors (Lipinski definition) is 1. The summed E-state index contributed by atoms with van der Waals surface area (Å²) in [5.41, 5.74) is -0.605. The minimum absolute atomic E-state index is 0.0180. The first-order valence-corrected chi connectivity index (χ1v) is 9.78. The van der Waals surface area contributed by atoms with Crippen molar-refractivity contribution in [2.45, 2.75) is 13.0 Å². The Morgan fingerprint density at radius 3 is 2.46 bits per heavy atom. The van der Waals surface area contributed by atoms with Gasteiger partial charge in [-0.05, 0) is 25.1 Å². The Bertz CT molecular complexity index is 1010. The molecule has 150 valence electrons. The van der Waals surface area contributed by atoms with Gasteiger partial charge in [-0.2, -0.15) is 0 Å². The highest BCUT2D eigenvalue weighted by molar-refractivity contribution is 7.92. The predicted octanol–water partition coefficient (Wildman–Crippen LogP) is 2.54. The summed E-state index contributed by atoms with van der Waals surface area (Å²) in [5.74, 6) is -1.50. The molecule has 0 heterocycles. The number of nitro groups is 1. The van der Waals surface area contributed by atoms with Gasteiger partial charge in [0.15, 0.2) is 0 Å². The fraction of sp³-hybridized carbons (Fsp3) is 0.235. The number of nitro benzene ring substituents is 1. The van der Waals surface area contributed by atoms with Crippen LogP contribution in [0.3, 0.4) is 0 Å². The summed E-state index contributed by atoms with van der Waals surface area (Å²) in [6.07, 6.45) is 0.844. The van der Waals surface area contributed by atoms with Crippen molar-refractivity contribution in [3.63, 3.8) is 0 Å². The molecule has 0 aliphatic heterocycles. The summed E-state index contributed by atoms with van der Waals surface area (Å²) >= 11 is 0. The van der Waals surface area contributed by atoms with Crippen molar-refractivity contribution in [3.8, 4) is 5.75 Å². The summed E-state index contributed by atoms with van der Waals surface area (Å²) in [6.45, 7) is 1.27. The maximum absolute atomic E-state index is 14.1. The van der Waals surface area contributed by atoms with Crippen molar-refractivity contribution in [1.29, 1.82) is 0 Å². The van der Waals surface area contributed by atoms with E-state index in [9.17, 15) is 27.7 Å². The molecule has 1 atom stereocenters. The predicted molar refractivity (Wildman–Crippen MR) is 101 cm³/mol. The second kappa shape index (κ2) is 8.21. The highest BCUT2D eigenvalue weighted by atomic mass is 32.2. The molecule has 2 rings (SSSR count). The summed E-state index contributed by atoms with van der Waals surface area (Å²) in [4.78, 5) is 23.0. The van der Waals surface area contributed by atoms with Gasteiger partial charge >= 0.3 is 0 Å². The van der Waals surface area contributed by atoms with E-state index in [-0.39, 0.29) is 22.8 Å². The van der Waals surface area contributed by atoms with E-state index in [0.29, 0.717) is 4.31 Å². The van der Waals surface area contributed by atoms with Crippen LogP contribution in [-0.4, -0.2) is 38.7 Å². The summed E-state index contributed by atoms with van der Waals surface area (Å²) < 4.78 is 44.3. The third kappa shape index (κ3) is 4.55. The lowest BCUT2D eigenvalue weighted by Crippen LogP contribution is -2.45. The van der Waals surface area contributed by atoms with Gasteiger partial charge in [0.25, 0.3) is 5.69 Å². The number of anilines is 2. The fourth-order valence-corrected chi connectivity index (χ4v) is 3.73. The van der Waals surface area contributed by atoms with E-state index >= 15 is 0 Å². The number of ether oxygens (including phenoxy) is 1. The molecular weight excluding hydrogens is 393 g/mol. The molecule has 0 saturated carbocycles. The maximum atomic E-state index is 14.1. The van der Waals surface area contributed by atoms with Crippen LogP contribution < -0.4 is 14.4 Å². The summed E-state index contributed by atoms with van der Waals surface area (Å²) in [6, 6.07) is 7.34. The van der Waals surface area contributed by atoms with E-state index in [1.165, 1.54) is 44.4 Å². The Kier molecular flexibility index (Phi) is 6.19. The van der Waals surface area contributed by atoms with Crippen molar-refractivity contribution < 1.29 is 27.3 Å². The highest BCUT2D eigenvalue weighted by Gasteiger charge is 2.31. The molecule has 9 nitrogen and oxygen atoms in total. The molecular formula is C17H18FN3O6S. The van der Waals surface area contributed by atoms with Crippen molar-refractivity contribution in [2.24, 2.45) is 0 Å². The zero-order valence-corrected chi connectivity index (χ0v) is 16.1. The number of sulfonamides is 1. The van der Waals surface area contributed by atoms with Crippen LogP contribution in [0, 0.1) is 15.9 Å². The number of nitrogens with one attached hydrogen (secondary N) is 1. The topological polar surface area (TPSA) is 119 Å². The van der Waals surface area contributed by atoms with E-state index in [4.69, 9.17) is 4.74 Å². The second-order valence-electron chi connectivity index (χ2n) is 5.82. The van der Waals surface area contributed by atoms with Gasteiger partial charge in [0, 0.05) is 12.1 Å². The summed E-state index contributed by atoms with van der Waals surface area (Å²) in [7, 11) is -2.71. The molecule has 0 saturated heterocycles. The van der Waals surface area contributed by atoms with E-state index in [2.05, 4.69) is 5.32 Å². The number of halogens is 1. The maximum Gasteiger partial charge on any atom is 0.271 e. The molecule has 1 amide bonds. The third-order valence-corrected chi connectivity index (χ3v) is 5.06. The molecule has 2 aromatic carbocycles. The Balaban J connectivity index is 2.41. The van der Waals surface area contributed by atoms with Crippen LogP contribution in [0.2, 0.25) is 0 Å². The average Bonchev–Trinajstić information content (AvgIpc) is 2.62. The van der Waals surface area contributed by atoms with Crippen LogP contribution in [0.1, 0.15) is 6.92 Å². The van der Waals surface area contributed by atoms with E-state index in [0.717, 1.165) is 18.4 Å². The van der Waals surface area contributed by atoms with E-state index in [1.807, 2.05) is 0 Å². The van der Waals surface area contributed by atoms with Gasteiger partial charge in [0.05, 0.1) is 29.7 Å². The van der Waals surface area contributed by atoms with Crippen molar-refractivity contribution in [2.75, 3.05) is 23.0 Å². The number of benzene rings is 2. The fourth-order valence-electron chi connectivity index (χ4n) is 2.56. The van der Waals surface area contributed by atoms with Crippen LogP contribution in [0.15, 0.2) is 42.5 Å². The third-order valence-electron chi connectivity index (χ3n) is 3.83. The number of carbonyl (C=O) groups is 1. The lowest BCUT2D eigenvalue weighted by atomic mass is 10.2. The number of non-ortho nitro benzene ring substituents is 1. The smallest absolute Gasteiger partial charge is 0.271 e. The normalized spacial score (nSPS) is 12.1. The lowest BCUT2D eigenvalue weighted by Gasteiger charge is -2.28. The first-order chi connectivity index (χ1) is 13.1. The zero-order chi connectivity index (χ0) is 21.1. The van der Waals surface area contributed by atoms with Crippen molar-refractivity contribution in [3.05, 3.63) is 58.4 Å². The van der Waals surface area contributed by atoms with Crippen LogP contribution in [0.25, 0.3) is 0 Å². The molecule has 0 aliphatic carbocycles. The number of carbonyl (C=O) groups excluding carboxylic acids is 1. The molecule has 0 fully saturated rings. The molecule has 2 aromatic rings. The number of rotatable bonds is 7. The molecule has 0 spiro atoms. The number of nitrogens with zero attached hydrogens (tertiary/aromatic N) is 2. The molecule has 1 N–H and O–H groups in total. The molecule has 28 heavy (non-hydrogen) atoms. The summed E-state index contributed by atoms with van der Waals surface area (Å²) in [5, 5.41) is 13.4. The molecule has 11 heteroatoms. The Hall–Kier alpha value is -3.21. The number of methoxy groups -OCH3 is 1. The monoisotopic (exact) mass is 411 g/mol. The van der Waals surface area contributed by atoms with Crippen LogP contribution >= 0.6 is 0 Å². The Morgan fingerprint density at radius 2 is 1.93 bits per heavy atom. The number of amides is 1. The molecule has 0 aliphatic rings. The minimum Gasteiger partial charge on any atom is -0.495 e. The van der Waals surface area contributed by atoms with Gasteiger partial charge in [-0.1, -0.05) is 12.1 Å². The SMILES string of the molecule is COc1ccc([N+](=O)[O-])cc1NC(=O)[C@H](C)N(c1ccccc1F)S(C)(=O)=O. The van der Waals surface area contributed by atoms with Gasteiger partial charge in [-0.15, -0.1) is 0 Å². The van der Waals surface area contributed by atoms with Crippen LogP contribution in [-0.2, 0) is 14.8 Å². The first-order valence-electron chi connectivity index (χ1n) is 7.93. The average molecular weight is 411 g/mol. The molecule has 0 unspecified atom stereocenters. The zero-order valence-electron chi connectivity index (χ0n) is 15.2. The largest absolute Gasteiger partial charge is 0.495 e. The highest BCUT2D eigenvalue weighted by Crippen LogP contribution is 2.30. The Labute approximate surface area is 160 Å². The van der Waals surface area contributed by atoms with Crippen LogP contribution in [0.5, 0.6) is 5.75 Å². The van der Waals surface area contributed by atoms with Crippen LogP contribution in [0.4, 0.5) is 21.5 Å². The molecule has 0 radical (unpaired) electrons. The molecule has 0 aromatic heterocycles. The molecule has 0 bridgehead atoms. The van der Waals surface area contributed by atoms with Gasteiger partial charge < -0.3 is 10.1 Å². The van der Waals surface area contributed by atoms with Gasteiger partial charge in [0.2, 0.25) is 15.9 Å². The van der Waals surface area contributed by atoms with Gasteiger partial charge in [-0.25, -0.2) is 12.8 Å². The second-order valence-corrected chi connectivity index (χ2v) is 7.68. The van der Waals surface area contributed by atoms with Crippen molar-refractivity contribution in [1.82, 2.24) is 0 Å². The van der Waals surface area contributed by atoms with E-state index < -0.39 is 32.7 Å². The number of para-hydroxylation sites is 1.